The van der Waals surface area contributed by atoms with Crippen LogP contribution in [-0.2, 0) is 10.2 Å². The van der Waals surface area contributed by atoms with Crippen LogP contribution >= 0.6 is 0 Å². The SMILES string of the molecule is COc1ccc([C@]2(C#N)C[C@H]3CC(C(=O)NO)=C[C@H]3C2)cc1OC1CCCC1. The van der Waals surface area contributed by atoms with E-state index in [2.05, 4.69) is 6.07 Å². The van der Waals surface area contributed by atoms with Crippen molar-refractivity contribution in [1.29, 1.82) is 5.26 Å². The Balaban J connectivity index is 1.60. The highest BCUT2D eigenvalue weighted by Gasteiger charge is 2.49. The lowest BCUT2D eigenvalue weighted by atomic mass is 9.78. The van der Waals surface area contributed by atoms with Gasteiger partial charge in [-0.3, -0.25) is 10.0 Å². The maximum Gasteiger partial charge on any atom is 0.270 e. The van der Waals surface area contributed by atoms with E-state index in [-0.39, 0.29) is 17.9 Å². The van der Waals surface area contributed by atoms with E-state index in [1.54, 1.807) is 12.6 Å². The van der Waals surface area contributed by atoms with Crippen molar-refractivity contribution in [2.24, 2.45) is 11.8 Å². The minimum Gasteiger partial charge on any atom is -0.493 e. The number of carbonyl (C=O) groups is 1. The van der Waals surface area contributed by atoms with Crippen molar-refractivity contribution in [1.82, 2.24) is 5.48 Å². The molecule has 0 spiro atoms. The second-order valence-corrected chi connectivity index (χ2v) is 8.25. The first-order chi connectivity index (χ1) is 13.6. The quantitative estimate of drug-likeness (QED) is 0.599. The number of carbonyl (C=O) groups excluding carboxylic acids is 1. The maximum atomic E-state index is 11.7. The molecule has 4 rings (SSSR count). The highest BCUT2D eigenvalue weighted by Crippen LogP contribution is 2.53. The molecule has 1 aromatic rings. The summed E-state index contributed by atoms with van der Waals surface area (Å²) in [6.07, 6.45) is 8.60. The Morgan fingerprint density at radius 2 is 2.07 bits per heavy atom. The van der Waals surface area contributed by atoms with Gasteiger partial charge >= 0.3 is 0 Å². The van der Waals surface area contributed by atoms with E-state index in [0.29, 0.717) is 30.6 Å². The van der Waals surface area contributed by atoms with Crippen LogP contribution in [0.3, 0.4) is 0 Å². The zero-order chi connectivity index (χ0) is 19.7. The monoisotopic (exact) mass is 382 g/mol. The summed E-state index contributed by atoms with van der Waals surface area (Å²) in [5.74, 6) is 1.40. The third-order valence-electron chi connectivity index (χ3n) is 6.62. The Morgan fingerprint density at radius 1 is 1.29 bits per heavy atom. The van der Waals surface area contributed by atoms with Crippen LogP contribution in [0.5, 0.6) is 11.5 Å². The molecular weight excluding hydrogens is 356 g/mol. The molecule has 0 bridgehead atoms. The summed E-state index contributed by atoms with van der Waals surface area (Å²) in [5, 5.41) is 18.9. The highest BCUT2D eigenvalue weighted by atomic mass is 16.5. The van der Waals surface area contributed by atoms with Gasteiger partial charge in [0.2, 0.25) is 0 Å². The van der Waals surface area contributed by atoms with Gasteiger partial charge in [-0.15, -0.1) is 0 Å². The van der Waals surface area contributed by atoms with Crippen LogP contribution in [-0.4, -0.2) is 24.3 Å². The summed E-state index contributed by atoms with van der Waals surface area (Å²) < 4.78 is 11.7. The molecule has 28 heavy (non-hydrogen) atoms. The molecule has 2 fully saturated rings. The zero-order valence-corrected chi connectivity index (χ0v) is 16.1. The van der Waals surface area contributed by atoms with Gasteiger partial charge in [-0.25, -0.2) is 5.48 Å². The van der Waals surface area contributed by atoms with E-state index in [0.717, 1.165) is 24.2 Å². The Morgan fingerprint density at radius 3 is 2.71 bits per heavy atom. The van der Waals surface area contributed by atoms with Gasteiger partial charge in [-0.1, -0.05) is 12.1 Å². The number of rotatable bonds is 5. The smallest absolute Gasteiger partial charge is 0.270 e. The molecule has 2 saturated carbocycles. The number of ether oxygens (including phenoxy) is 2. The predicted molar refractivity (Wildman–Crippen MR) is 102 cm³/mol. The first-order valence-electron chi connectivity index (χ1n) is 10.00. The van der Waals surface area contributed by atoms with E-state index in [1.165, 1.54) is 12.8 Å². The molecular formula is C22H26N2O4. The predicted octanol–water partition coefficient (Wildman–Crippen LogP) is 3.64. The van der Waals surface area contributed by atoms with Crippen molar-refractivity contribution in [3.8, 4) is 17.6 Å². The summed E-state index contributed by atoms with van der Waals surface area (Å²) in [6, 6.07) is 8.41. The number of allylic oxidation sites excluding steroid dienone is 1. The average molecular weight is 382 g/mol. The standard InChI is InChI=1S/C22H26N2O4/c1-27-19-7-6-17(10-20(19)28-18-4-2-3-5-18)22(13-23)11-15-8-14(21(25)24-26)9-16(15)12-22/h6-8,10,15-16,18,26H,2-5,9,11-12H2,1H3,(H,24,25)/t15-,16+,22-/m0/s1. The number of hydrogen-bond acceptors (Lipinski definition) is 5. The fourth-order valence-electron chi connectivity index (χ4n) is 5.16. The molecule has 6 heteroatoms. The molecule has 3 atom stereocenters. The van der Waals surface area contributed by atoms with Gasteiger partial charge in [0.1, 0.15) is 0 Å². The van der Waals surface area contributed by atoms with Gasteiger partial charge in [0.25, 0.3) is 5.91 Å². The molecule has 0 saturated heterocycles. The molecule has 2 N–H and O–H groups in total. The molecule has 148 valence electrons. The average Bonchev–Trinajstić information content (AvgIpc) is 3.43. The van der Waals surface area contributed by atoms with Crippen molar-refractivity contribution >= 4 is 5.91 Å². The number of hydrogen-bond donors (Lipinski definition) is 2. The van der Waals surface area contributed by atoms with Crippen molar-refractivity contribution in [2.45, 2.75) is 56.5 Å². The van der Waals surface area contributed by atoms with Crippen LogP contribution in [0.25, 0.3) is 0 Å². The van der Waals surface area contributed by atoms with E-state index < -0.39 is 11.3 Å². The number of benzene rings is 1. The van der Waals surface area contributed by atoms with E-state index in [1.807, 2.05) is 24.3 Å². The first-order valence-corrected chi connectivity index (χ1v) is 10.00. The number of nitriles is 1. The highest BCUT2D eigenvalue weighted by molar-refractivity contribution is 5.93. The van der Waals surface area contributed by atoms with Gasteiger partial charge in [0, 0.05) is 5.57 Å². The van der Waals surface area contributed by atoms with Gasteiger partial charge < -0.3 is 9.47 Å². The van der Waals surface area contributed by atoms with Crippen LogP contribution in [0.4, 0.5) is 0 Å². The second kappa shape index (κ2) is 7.48. The summed E-state index contributed by atoms with van der Waals surface area (Å²) in [5.41, 5.74) is 2.70. The number of fused-ring (bicyclic) bond motifs is 1. The van der Waals surface area contributed by atoms with Gasteiger partial charge in [0.15, 0.2) is 11.5 Å². The van der Waals surface area contributed by atoms with Gasteiger partial charge in [-0.05, 0) is 74.5 Å². The van der Waals surface area contributed by atoms with Crippen molar-refractivity contribution < 1.29 is 19.5 Å². The normalized spacial score (nSPS) is 29.1. The number of hydroxylamine groups is 1. The molecule has 0 heterocycles. The summed E-state index contributed by atoms with van der Waals surface area (Å²) in [4.78, 5) is 11.7. The lowest BCUT2D eigenvalue weighted by Gasteiger charge is -2.24. The first kappa shape index (κ1) is 18.8. The molecule has 0 unspecified atom stereocenters. The molecule has 0 aromatic heterocycles. The molecule has 3 aliphatic carbocycles. The van der Waals surface area contributed by atoms with Crippen LogP contribution in [0.15, 0.2) is 29.8 Å². The van der Waals surface area contributed by atoms with Crippen LogP contribution in [0.2, 0.25) is 0 Å². The third-order valence-corrected chi connectivity index (χ3v) is 6.62. The maximum absolute atomic E-state index is 11.7. The molecule has 1 amide bonds. The van der Waals surface area contributed by atoms with Gasteiger partial charge in [0.05, 0.1) is 24.7 Å². The topological polar surface area (TPSA) is 91.6 Å². The van der Waals surface area contributed by atoms with E-state index in [4.69, 9.17) is 14.7 Å². The van der Waals surface area contributed by atoms with E-state index >= 15 is 0 Å². The van der Waals surface area contributed by atoms with Crippen LogP contribution in [0, 0.1) is 23.2 Å². The minimum absolute atomic E-state index is 0.174. The number of nitrogens with zero attached hydrogens (tertiary/aromatic N) is 1. The largest absolute Gasteiger partial charge is 0.493 e. The molecule has 0 aliphatic heterocycles. The Labute approximate surface area is 165 Å². The lowest BCUT2D eigenvalue weighted by Crippen LogP contribution is -2.23. The number of methoxy groups -OCH3 is 1. The third kappa shape index (κ3) is 3.24. The molecule has 1 aromatic carbocycles. The number of nitrogens with one attached hydrogen (secondary N) is 1. The molecule has 6 nitrogen and oxygen atoms in total. The van der Waals surface area contributed by atoms with Crippen molar-refractivity contribution in [3.05, 3.63) is 35.4 Å². The lowest BCUT2D eigenvalue weighted by molar-refractivity contribution is -0.125. The van der Waals surface area contributed by atoms with Crippen molar-refractivity contribution in [3.63, 3.8) is 0 Å². The van der Waals surface area contributed by atoms with E-state index in [9.17, 15) is 10.1 Å². The Hall–Kier alpha value is -2.52. The number of amides is 1. The summed E-state index contributed by atoms with van der Waals surface area (Å²) in [7, 11) is 1.63. The summed E-state index contributed by atoms with van der Waals surface area (Å²) >= 11 is 0. The minimum atomic E-state index is -0.590. The van der Waals surface area contributed by atoms with Crippen LogP contribution in [0.1, 0.15) is 50.5 Å². The van der Waals surface area contributed by atoms with Crippen LogP contribution < -0.4 is 15.0 Å². The molecule has 0 radical (unpaired) electrons. The molecule has 3 aliphatic rings. The Bertz CT molecular complexity index is 837. The second-order valence-electron chi connectivity index (χ2n) is 8.25. The fourth-order valence-corrected chi connectivity index (χ4v) is 5.16. The fraction of sp³-hybridized carbons (Fsp3) is 0.545. The Kier molecular flexibility index (Phi) is 5.03. The zero-order valence-electron chi connectivity index (χ0n) is 16.1. The summed E-state index contributed by atoms with van der Waals surface area (Å²) in [6.45, 7) is 0. The van der Waals surface area contributed by atoms with Gasteiger partial charge in [-0.2, -0.15) is 5.26 Å². The van der Waals surface area contributed by atoms with Crippen molar-refractivity contribution in [2.75, 3.05) is 7.11 Å².